The molecule has 26 heavy (non-hydrogen) atoms. The highest BCUT2D eigenvalue weighted by Gasteiger charge is 2.28. The van der Waals surface area contributed by atoms with Crippen molar-refractivity contribution in [3.05, 3.63) is 52.6 Å². The first-order valence-corrected chi connectivity index (χ1v) is 8.20. The van der Waals surface area contributed by atoms with Crippen LogP contribution in [0.5, 0.6) is 0 Å². The van der Waals surface area contributed by atoms with E-state index in [-0.39, 0.29) is 17.2 Å². The molecule has 0 bridgehead atoms. The van der Waals surface area contributed by atoms with Crippen LogP contribution >= 0.6 is 0 Å². The molecule has 3 heterocycles. The minimum Gasteiger partial charge on any atom is -0.373 e. The maximum Gasteiger partial charge on any atom is 0.293 e. The largest absolute Gasteiger partial charge is 0.373 e. The van der Waals surface area contributed by atoms with Gasteiger partial charge in [0, 0.05) is 52.3 Å². The molecule has 0 aromatic carbocycles. The number of hydrogen-bond donors (Lipinski definition) is 0. The zero-order valence-electron chi connectivity index (χ0n) is 14.6. The Morgan fingerprint density at radius 2 is 2.27 bits per heavy atom. The highest BCUT2D eigenvalue weighted by atomic mass is 19.1. The topological polar surface area (TPSA) is 80.6 Å². The van der Waals surface area contributed by atoms with Crippen LogP contribution in [-0.4, -0.2) is 64.7 Å². The summed E-state index contributed by atoms with van der Waals surface area (Å²) < 4.78 is 21.0. The second-order valence-electron chi connectivity index (χ2n) is 6.15. The number of ether oxygens (including phenoxy) is 1. The van der Waals surface area contributed by atoms with Gasteiger partial charge in [0.25, 0.3) is 11.5 Å². The summed E-state index contributed by atoms with van der Waals surface area (Å²) in [6.45, 7) is 1.41. The lowest BCUT2D eigenvalue weighted by atomic mass is 10.2. The van der Waals surface area contributed by atoms with E-state index in [4.69, 9.17) is 4.74 Å². The number of carbonyl (C=O) groups excluding carboxylic acids is 1. The molecule has 2 aromatic heterocycles. The van der Waals surface area contributed by atoms with E-state index in [2.05, 4.69) is 9.97 Å². The van der Waals surface area contributed by atoms with Gasteiger partial charge < -0.3 is 19.1 Å². The Balaban J connectivity index is 1.69. The Morgan fingerprint density at radius 3 is 3.04 bits per heavy atom. The molecule has 1 amide bonds. The van der Waals surface area contributed by atoms with Crippen molar-refractivity contribution in [2.75, 3.05) is 38.2 Å². The van der Waals surface area contributed by atoms with Crippen LogP contribution in [0.3, 0.4) is 0 Å². The van der Waals surface area contributed by atoms with Crippen LogP contribution < -0.4 is 10.5 Å². The Bertz CT molecular complexity index is 856. The van der Waals surface area contributed by atoms with Gasteiger partial charge in [-0.3, -0.25) is 14.6 Å². The van der Waals surface area contributed by atoms with Crippen molar-refractivity contribution in [1.29, 1.82) is 0 Å². The van der Waals surface area contributed by atoms with Gasteiger partial charge in [-0.2, -0.15) is 0 Å². The fraction of sp³-hybridized carbons (Fsp3) is 0.412. The van der Waals surface area contributed by atoms with E-state index in [9.17, 15) is 14.0 Å². The van der Waals surface area contributed by atoms with E-state index < -0.39 is 11.7 Å². The average Bonchev–Trinajstić information content (AvgIpc) is 2.64. The van der Waals surface area contributed by atoms with Gasteiger partial charge in [-0.15, -0.1) is 0 Å². The van der Waals surface area contributed by atoms with Crippen LogP contribution in [0.2, 0.25) is 0 Å². The number of rotatable bonds is 4. The molecular formula is C17H20FN5O3. The summed E-state index contributed by atoms with van der Waals surface area (Å²) in [5.74, 6) is -0.730. The molecule has 0 radical (unpaired) electrons. The van der Waals surface area contributed by atoms with Crippen LogP contribution in [0.1, 0.15) is 10.4 Å². The molecule has 1 aliphatic rings. The van der Waals surface area contributed by atoms with E-state index in [0.717, 1.165) is 6.20 Å². The number of amides is 1. The maximum atomic E-state index is 13.8. The second-order valence-corrected chi connectivity index (χ2v) is 6.15. The third-order valence-electron chi connectivity index (χ3n) is 4.27. The van der Waals surface area contributed by atoms with E-state index in [1.165, 1.54) is 16.8 Å². The van der Waals surface area contributed by atoms with Crippen LogP contribution in [0.4, 0.5) is 10.2 Å². The minimum absolute atomic E-state index is 0.00685. The molecule has 1 saturated heterocycles. The lowest BCUT2D eigenvalue weighted by Gasteiger charge is -2.35. The number of likely N-dealkylation sites (N-methyl/N-ethyl adjacent to an activating group) is 1. The summed E-state index contributed by atoms with van der Waals surface area (Å²) in [4.78, 5) is 35.7. The lowest BCUT2D eigenvalue weighted by molar-refractivity contribution is -0.0173. The number of aromatic nitrogens is 3. The van der Waals surface area contributed by atoms with Crippen LogP contribution in [0.15, 0.2) is 35.6 Å². The number of nitrogens with zero attached hydrogens (tertiary/aromatic N) is 5. The Hall–Kier alpha value is -2.81. The minimum atomic E-state index is -0.644. The molecule has 1 aliphatic heterocycles. The smallest absolute Gasteiger partial charge is 0.293 e. The van der Waals surface area contributed by atoms with E-state index in [1.807, 2.05) is 0 Å². The van der Waals surface area contributed by atoms with Gasteiger partial charge in [-0.25, -0.2) is 9.37 Å². The van der Waals surface area contributed by atoms with Crippen molar-refractivity contribution in [2.24, 2.45) is 7.05 Å². The van der Waals surface area contributed by atoms with Gasteiger partial charge in [0.05, 0.1) is 24.5 Å². The van der Waals surface area contributed by atoms with Crippen LogP contribution in [0.25, 0.3) is 0 Å². The zero-order chi connectivity index (χ0) is 18.7. The number of carbonyl (C=O) groups is 1. The molecule has 138 valence electrons. The first-order valence-electron chi connectivity index (χ1n) is 8.20. The average molecular weight is 361 g/mol. The molecule has 3 rings (SSSR count). The molecule has 9 heteroatoms. The molecule has 1 fully saturated rings. The van der Waals surface area contributed by atoms with Crippen LogP contribution in [0, 0.1) is 5.82 Å². The highest BCUT2D eigenvalue weighted by molar-refractivity contribution is 5.94. The fourth-order valence-corrected chi connectivity index (χ4v) is 2.87. The first-order chi connectivity index (χ1) is 12.5. The van der Waals surface area contributed by atoms with Gasteiger partial charge in [0.15, 0.2) is 11.6 Å². The van der Waals surface area contributed by atoms with Crippen molar-refractivity contribution < 1.29 is 13.9 Å². The summed E-state index contributed by atoms with van der Waals surface area (Å²) in [7, 11) is 3.40. The SMILES string of the molecule is CN(C[C@@H]1CN(C(=O)c2ccncc2F)CCO1)c1nccn(C)c1=O. The van der Waals surface area contributed by atoms with Crippen molar-refractivity contribution in [2.45, 2.75) is 6.10 Å². The summed E-state index contributed by atoms with van der Waals surface area (Å²) in [6.07, 6.45) is 5.24. The van der Waals surface area contributed by atoms with Gasteiger partial charge in [-0.05, 0) is 6.07 Å². The molecule has 2 aromatic rings. The van der Waals surface area contributed by atoms with E-state index in [0.29, 0.717) is 32.1 Å². The van der Waals surface area contributed by atoms with Crippen molar-refractivity contribution in [3.63, 3.8) is 0 Å². The molecule has 1 atom stereocenters. The second kappa shape index (κ2) is 7.61. The van der Waals surface area contributed by atoms with E-state index in [1.54, 1.807) is 36.3 Å². The van der Waals surface area contributed by atoms with Gasteiger partial charge in [0.1, 0.15) is 0 Å². The van der Waals surface area contributed by atoms with E-state index >= 15 is 0 Å². The van der Waals surface area contributed by atoms with Crippen molar-refractivity contribution >= 4 is 11.7 Å². The van der Waals surface area contributed by atoms with Gasteiger partial charge in [-0.1, -0.05) is 0 Å². The zero-order valence-corrected chi connectivity index (χ0v) is 14.6. The van der Waals surface area contributed by atoms with Crippen LogP contribution in [-0.2, 0) is 11.8 Å². The first kappa shape index (κ1) is 18.0. The Labute approximate surface area is 149 Å². The van der Waals surface area contributed by atoms with Crippen molar-refractivity contribution in [1.82, 2.24) is 19.4 Å². The summed E-state index contributed by atoms with van der Waals surface area (Å²) in [6, 6.07) is 1.37. The molecule has 0 spiro atoms. The quantitative estimate of drug-likeness (QED) is 0.779. The summed E-state index contributed by atoms with van der Waals surface area (Å²) in [5, 5.41) is 0. The number of aryl methyl sites for hydroxylation is 1. The molecule has 0 aliphatic carbocycles. The third-order valence-corrected chi connectivity index (χ3v) is 4.27. The van der Waals surface area contributed by atoms with Gasteiger partial charge in [0.2, 0.25) is 0 Å². The summed E-state index contributed by atoms with van der Waals surface area (Å²) in [5.41, 5.74) is -0.217. The normalized spacial score (nSPS) is 17.2. The molecular weight excluding hydrogens is 341 g/mol. The molecule has 0 unspecified atom stereocenters. The predicted octanol–water partition coefficient (Wildman–Crippen LogP) is 0.292. The number of anilines is 1. The number of hydrogen-bond acceptors (Lipinski definition) is 6. The fourth-order valence-electron chi connectivity index (χ4n) is 2.87. The highest BCUT2D eigenvalue weighted by Crippen LogP contribution is 2.14. The molecule has 0 N–H and O–H groups in total. The summed E-state index contributed by atoms with van der Waals surface area (Å²) >= 11 is 0. The number of pyridine rings is 1. The lowest BCUT2D eigenvalue weighted by Crippen LogP contribution is -2.50. The molecule has 8 nitrogen and oxygen atoms in total. The standard InChI is InChI=1S/C17H20FN5O3/c1-21-6-5-20-15(17(21)25)22(2)10-12-11-23(7-8-26-12)16(24)13-3-4-19-9-14(13)18/h3-6,9,12H,7-8,10-11H2,1-2H3/t12-/m1/s1. The maximum absolute atomic E-state index is 13.8. The Morgan fingerprint density at radius 1 is 1.46 bits per heavy atom. The van der Waals surface area contributed by atoms with Gasteiger partial charge >= 0.3 is 0 Å². The monoisotopic (exact) mass is 361 g/mol. The van der Waals surface area contributed by atoms with Crippen molar-refractivity contribution in [3.8, 4) is 0 Å². The molecule has 0 saturated carbocycles. The number of halogens is 1. The Kier molecular flexibility index (Phi) is 5.27. The number of morpholine rings is 1. The predicted molar refractivity (Wildman–Crippen MR) is 92.6 cm³/mol. The third kappa shape index (κ3) is 3.72.